The molecule has 88 valence electrons. The molecule has 1 aromatic rings. The zero-order chi connectivity index (χ0) is 11.7. The van der Waals surface area contributed by atoms with Crippen LogP contribution in [0.1, 0.15) is 10.9 Å². The summed E-state index contributed by atoms with van der Waals surface area (Å²) in [6, 6.07) is 2.85. The highest BCUT2D eigenvalue weighted by molar-refractivity contribution is 6.33. The fourth-order valence-electron chi connectivity index (χ4n) is 1.43. The molecule has 1 aromatic carbocycles. The van der Waals surface area contributed by atoms with Crippen molar-refractivity contribution in [2.75, 3.05) is 13.2 Å². The van der Waals surface area contributed by atoms with Crippen LogP contribution in [0.15, 0.2) is 12.1 Å². The van der Waals surface area contributed by atoms with Gasteiger partial charge in [0.15, 0.2) is 11.5 Å². The van der Waals surface area contributed by atoms with Gasteiger partial charge in [-0.05, 0) is 11.6 Å². The summed E-state index contributed by atoms with van der Waals surface area (Å²) in [4.78, 5) is 0. The first-order valence-corrected chi connectivity index (χ1v) is 5.42. The van der Waals surface area contributed by atoms with Gasteiger partial charge in [-0.1, -0.05) is 11.6 Å². The number of alkyl halides is 3. The Kier molecular flexibility index (Phi) is 3.40. The van der Waals surface area contributed by atoms with Gasteiger partial charge in [-0.3, -0.25) is 0 Å². The van der Waals surface area contributed by atoms with Crippen molar-refractivity contribution < 1.29 is 18.3 Å². The Labute approximate surface area is 101 Å². The van der Waals surface area contributed by atoms with Gasteiger partial charge < -0.3 is 9.47 Å². The van der Waals surface area contributed by atoms with E-state index in [4.69, 9.17) is 32.7 Å². The zero-order valence-electron chi connectivity index (χ0n) is 8.05. The highest BCUT2D eigenvalue weighted by Crippen LogP contribution is 2.41. The van der Waals surface area contributed by atoms with E-state index in [-0.39, 0.29) is 10.6 Å². The van der Waals surface area contributed by atoms with Crippen molar-refractivity contribution in [3.05, 3.63) is 22.7 Å². The monoisotopic (exact) mass is 268 g/mol. The van der Waals surface area contributed by atoms with Gasteiger partial charge in [0.2, 0.25) is 0 Å². The molecule has 0 amide bonds. The molecule has 0 fully saturated rings. The summed E-state index contributed by atoms with van der Waals surface area (Å²) >= 11 is 11.4. The van der Waals surface area contributed by atoms with E-state index >= 15 is 0 Å². The summed E-state index contributed by atoms with van der Waals surface area (Å²) in [7, 11) is 0. The third-order valence-electron chi connectivity index (χ3n) is 2.18. The molecule has 1 unspecified atom stereocenters. The second-order valence-corrected chi connectivity index (χ2v) is 4.13. The SMILES string of the molecule is FC(F)C(Cl)c1cc2c(cc1Cl)OCCO2. The second kappa shape index (κ2) is 4.63. The van der Waals surface area contributed by atoms with Crippen LogP contribution in [0.2, 0.25) is 5.02 Å². The quantitative estimate of drug-likeness (QED) is 0.763. The summed E-state index contributed by atoms with van der Waals surface area (Å²) in [5.74, 6) is 0.857. The zero-order valence-corrected chi connectivity index (χ0v) is 9.56. The number of rotatable bonds is 2. The van der Waals surface area contributed by atoms with Crippen molar-refractivity contribution in [3.8, 4) is 11.5 Å². The number of halogens is 4. The van der Waals surface area contributed by atoms with E-state index in [1.54, 1.807) is 0 Å². The smallest absolute Gasteiger partial charge is 0.258 e. The lowest BCUT2D eigenvalue weighted by molar-refractivity contribution is 0.142. The van der Waals surface area contributed by atoms with Crippen molar-refractivity contribution in [2.45, 2.75) is 11.8 Å². The van der Waals surface area contributed by atoms with Crippen LogP contribution in [0.4, 0.5) is 8.78 Å². The van der Waals surface area contributed by atoms with Crippen LogP contribution >= 0.6 is 23.2 Å². The van der Waals surface area contributed by atoms with E-state index in [0.29, 0.717) is 24.7 Å². The average Bonchev–Trinajstić information content (AvgIpc) is 2.27. The Morgan fingerprint density at radius 3 is 2.25 bits per heavy atom. The number of benzene rings is 1. The molecule has 1 heterocycles. The number of ether oxygens (including phenoxy) is 2. The molecule has 2 nitrogen and oxygen atoms in total. The fraction of sp³-hybridized carbons (Fsp3) is 0.400. The van der Waals surface area contributed by atoms with Crippen molar-refractivity contribution in [2.24, 2.45) is 0 Å². The molecule has 1 aliphatic rings. The van der Waals surface area contributed by atoms with E-state index < -0.39 is 11.8 Å². The minimum absolute atomic E-state index is 0.155. The Balaban J connectivity index is 2.39. The number of hydrogen-bond acceptors (Lipinski definition) is 2. The molecular formula is C10H8Cl2F2O2. The van der Waals surface area contributed by atoms with E-state index in [0.717, 1.165) is 0 Å². The van der Waals surface area contributed by atoms with Crippen LogP contribution in [0, 0.1) is 0 Å². The standard InChI is InChI=1S/C10H8Cl2F2O2/c11-6-4-8-7(15-1-2-16-8)3-5(6)9(12)10(13)14/h3-4,9-10H,1-2H2. The molecule has 1 aliphatic heterocycles. The maximum Gasteiger partial charge on any atom is 0.258 e. The first kappa shape index (κ1) is 11.7. The molecule has 16 heavy (non-hydrogen) atoms. The Bertz CT molecular complexity index is 399. The molecule has 0 N–H and O–H groups in total. The molecular weight excluding hydrogens is 261 g/mol. The molecule has 0 aliphatic carbocycles. The predicted octanol–water partition coefficient (Wildman–Crippen LogP) is 3.66. The predicted molar refractivity (Wildman–Crippen MR) is 57.0 cm³/mol. The van der Waals surface area contributed by atoms with Gasteiger partial charge in [-0.15, -0.1) is 11.6 Å². The topological polar surface area (TPSA) is 18.5 Å². The highest BCUT2D eigenvalue weighted by Gasteiger charge is 2.25. The lowest BCUT2D eigenvalue weighted by atomic mass is 10.1. The fourth-order valence-corrected chi connectivity index (χ4v) is 1.93. The number of fused-ring (bicyclic) bond motifs is 1. The molecule has 0 saturated carbocycles. The van der Waals surface area contributed by atoms with Crippen molar-refractivity contribution in [1.82, 2.24) is 0 Å². The Morgan fingerprint density at radius 2 is 1.69 bits per heavy atom. The summed E-state index contributed by atoms with van der Waals surface area (Å²) in [5, 5.41) is -1.28. The minimum atomic E-state index is -2.68. The van der Waals surface area contributed by atoms with E-state index in [1.165, 1.54) is 12.1 Å². The molecule has 2 rings (SSSR count). The maximum absolute atomic E-state index is 12.5. The Morgan fingerprint density at radius 1 is 1.12 bits per heavy atom. The summed E-state index contributed by atoms with van der Waals surface area (Å²) < 4.78 is 35.4. The molecule has 0 radical (unpaired) electrons. The van der Waals surface area contributed by atoms with Crippen LogP contribution in [-0.4, -0.2) is 19.6 Å². The van der Waals surface area contributed by atoms with Crippen LogP contribution in [-0.2, 0) is 0 Å². The molecule has 1 atom stereocenters. The lowest BCUT2D eigenvalue weighted by Gasteiger charge is -2.21. The van der Waals surface area contributed by atoms with Gasteiger partial charge in [0, 0.05) is 11.1 Å². The van der Waals surface area contributed by atoms with Gasteiger partial charge in [-0.25, -0.2) is 8.78 Å². The van der Waals surface area contributed by atoms with Gasteiger partial charge in [0.1, 0.15) is 18.6 Å². The Hall–Kier alpha value is -0.740. The molecule has 0 spiro atoms. The van der Waals surface area contributed by atoms with Crippen molar-refractivity contribution in [3.63, 3.8) is 0 Å². The van der Waals surface area contributed by atoms with Gasteiger partial charge in [-0.2, -0.15) is 0 Å². The summed E-state index contributed by atoms with van der Waals surface area (Å²) in [5.41, 5.74) is 0.155. The molecule has 0 saturated heterocycles. The largest absolute Gasteiger partial charge is 0.486 e. The van der Waals surface area contributed by atoms with Crippen LogP contribution in [0.25, 0.3) is 0 Å². The van der Waals surface area contributed by atoms with Crippen LogP contribution in [0.3, 0.4) is 0 Å². The van der Waals surface area contributed by atoms with Crippen molar-refractivity contribution in [1.29, 1.82) is 0 Å². The van der Waals surface area contributed by atoms with Crippen molar-refractivity contribution >= 4 is 23.2 Å². The molecule has 6 heteroatoms. The first-order chi connectivity index (χ1) is 7.59. The maximum atomic E-state index is 12.5. The molecule has 0 bridgehead atoms. The second-order valence-electron chi connectivity index (χ2n) is 3.25. The van der Waals surface area contributed by atoms with E-state index in [9.17, 15) is 8.78 Å². The average molecular weight is 269 g/mol. The van der Waals surface area contributed by atoms with Gasteiger partial charge >= 0.3 is 0 Å². The van der Waals surface area contributed by atoms with Crippen LogP contribution in [0.5, 0.6) is 11.5 Å². The normalized spacial score (nSPS) is 16.3. The highest BCUT2D eigenvalue weighted by atomic mass is 35.5. The van der Waals surface area contributed by atoms with Gasteiger partial charge in [0.05, 0.1) is 0 Å². The van der Waals surface area contributed by atoms with E-state index in [2.05, 4.69) is 0 Å². The minimum Gasteiger partial charge on any atom is -0.486 e. The summed E-state index contributed by atoms with van der Waals surface area (Å²) in [6.07, 6.45) is -2.68. The summed E-state index contributed by atoms with van der Waals surface area (Å²) in [6.45, 7) is 0.803. The first-order valence-electron chi connectivity index (χ1n) is 4.61. The molecule has 0 aromatic heterocycles. The van der Waals surface area contributed by atoms with E-state index in [1.807, 2.05) is 0 Å². The van der Waals surface area contributed by atoms with Gasteiger partial charge in [0.25, 0.3) is 6.43 Å². The van der Waals surface area contributed by atoms with Crippen LogP contribution < -0.4 is 9.47 Å². The lowest BCUT2D eigenvalue weighted by Crippen LogP contribution is -2.16. The third kappa shape index (κ3) is 2.18. The third-order valence-corrected chi connectivity index (χ3v) is 2.93. The number of hydrogen-bond donors (Lipinski definition) is 0.